The molecule has 4 rings (SSSR count). The minimum atomic E-state index is 0.144. The number of hydrogen-bond donors (Lipinski definition) is 0. The fraction of sp³-hybridized carbons (Fsp3) is 0.611. The third-order valence-corrected chi connectivity index (χ3v) is 5.64. The van der Waals surface area contributed by atoms with E-state index in [4.69, 9.17) is 0 Å². The lowest BCUT2D eigenvalue weighted by Gasteiger charge is -2.33. The van der Waals surface area contributed by atoms with Crippen LogP contribution in [-0.4, -0.2) is 62.9 Å². The van der Waals surface area contributed by atoms with E-state index in [9.17, 15) is 4.79 Å². The van der Waals surface area contributed by atoms with E-state index in [1.807, 2.05) is 29.8 Å². The zero-order valence-corrected chi connectivity index (χ0v) is 14.5. The molecule has 2 atom stereocenters. The Kier molecular flexibility index (Phi) is 4.00. The van der Waals surface area contributed by atoms with E-state index in [1.165, 1.54) is 12.8 Å². The molecule has 0 unspecified atom stereocenters. The Labute approximate surface area is 142 Å². The van der Waals surface area contributed by atoms with Crippen LogP contribution in [0.4, 0.5) is 0 Å². The number of likely N-dealkylation sites (N-methyl/N-ethyl adjacent to an activating group) is 1. The van der Waals surface area contributed by atoms with Gasteiger partial charge in [0.1, 0.15) is 5.52 Å². The molecule has 6 heteroatoms. The summed E-state index contributed by atoms with van der Waals surface area (Å²) >= 11 is 0. The zero-order valence-electron chi connectivity index (χ0n) is 14.5. The molecule has 1 aromatic carbocycles. The number of fused-ring (bicyclic) bond motifs is 1. The lowest BCUT2D eigenvalue weighted by atomic mass is 10.0. The normalized spacial score (nSPS) is 25.0. The zero-order chi connectivity index (χ0) is 16.7. The summed E-state index contributed by atoms with van der Waals surface area (Å²) in [5.74, 6) is 0.144. The number of benzene rings is 1. The SMILES string of the molecule is CCn1nnc2cc(C(=O)N3CCC[C@@H]3[C@@H]3CCCN3C)ccc21. The van der Waals surface area contributed by atoms with Gasteiger partial charge in [0.2, 0.25) is 0 Å². The van der Waals surface area contributed by atoms with E-state index in [0.29, 0.717) is 12.1 Å². The van der Waals surface area contributed by atoms with Crippen molar-refractivity contribution in [3.8, 4) is 0 Å². The van der Waals surface area contributed by atoms with Crippen LogP contribution in [0.2, 0.25) is 0 Å². The van der Waals surface area contributed by atoms with Crippen molar-refractivity contribution in [1.82, 2.24) is 24.8 Å². The molecule has 0 saturated carbocycles. The lowest BCUT2D eigenvalue weighted by molar-refractivity contribution is 0.0664. The quantitative estimate of drug-likeness (QED) is 0.867. The molecule has 2 saturated heterocycles. The summed E-state index contributed by atoms with van der Waals surface area (Å²) < 4.78 is 1.86. The van der Waals surface area contributed by atoms with E-state index >= 15 is 0 Å². The van der Waals surface area contributed by atoms with Crippen LogP contribution in [0.25, 0.3) is 11.0 Å². The Morgan fingerprint density at radius 1 is 1.21 bits per heavy atom. The van der Waals surface area contributed by atoms with Crippen molar-refractivity contribution in [1.29, 1.82) is 0 Å². The molecular weight excluding hydrogens is 302 g/mol. The molecule has 1 aromatic heterocycles. The topological polar surface area (TPSA) is 54.3 Å². The molecule has 0 spiro atoms. The number of aromatic nitrogens is 3. The monoisotopic (exact) mass is 327 g/mol. The fourth-order valence-electron chi connectivity index (χ4n) is 4.37. The highest BCUT2D eigenvalue weighted by atomic mass is 16.2. The predicted octanol–water partition coefficient (Wildman–Crippen LogP) is 2.15. The molecule has 0 aliphatic carbocycles. The molecule has 2 fully saturated rings. The van der Waals surface area contributed by atoms with Gasteiger partial charge in [-0.2, -0.15) is 0 Å². The van der Waals surface area contributed by atoms with Crippen molar-refractivity contribution in [2.75, 3.05) is 20.1 Å². The molecule has 2 aromatic rings. The Morgan fingerprint density at radius 2 is 2.00 bits per heavy atom. The van der Waals surface area contributed by atoms with Crippen LogP contribution in [0.5, 0.6) is 0 Å². The van der Waals surface area contributed by atoms with Crippen LogP contribution >= 0.6 is 0 Å². The number of aryl methyl sites for hydroxylation is 1. The highest BCUT2D eigenvalue weighted by Gasteiger charge is 2.38. The van der Waals surface area contributed by atoms with Gasteiger partial charge >= 0.3 is 0 Å². The maximum Gasteiger partial charge on any atom is 0.254 e. The number of amides is 1. The minimum Gasteiger partial charge on any atom is -0.334 e. The summed E-state index contributed by atoms with van der Waals surface area (Å²) in [7, 11) is 2.19. The molecular formula is C18H25N5O. The van der Waals surface area contributed by atoms with Gasteiger partial charge in [-0.3, -0.25) is 4.79 Å². The molecule has 0 N–H and O–H groups in total. The molecule has 2 aliphatic rings. The van der Waals surface area contributed by atoms with Crippen LogP contribution in [-0.2, 0) is 6.54 Å². The van der Waals surface area contributed by atoms with Crippen molar-refractivity contribution in [3.05, 3.63) is 23.8 Å². The van der Waals surface area contributed by atoms with Crippen LogP contribution in [0.3, 0.4) is 0 Å². The van der Waals surface area contributed by atoms with Crippen LogP contribution < -0.4 is 0 Å². The summed E-state index contributed by atoms with van der Waals surface area (Å²) in [4.78, 5) is 17.6. The highest BCUT2D eigenvalue weighted by molar-refractivity contribution is 5.97. The number of hydrogen-bond acceptors (Lipinski definition) is 4. The average molecular weight is 327 g/mol. The number of nitrogens with zero attached hydrogens (tertiary/aromatic N) is 5. The Balaban J connectivity index is 1.60. The van der Waals surface area contributed by atoms with E-state index in [1.54, 1.807) is 0 Å². The van der Waals surface area contributed by atoms with Gasteiger partial charge < -0.3 is 9.80 Å². The number of likely N-dealkylation sites (tertiary alicyclic amines) is 2. The van der Waals surface area contributed by atoms with Crippen LogP contribution in [0.1, 0.15) is 43.0 Å². The van der Waals surface area contributed by atoms with E-state index in [0.717, 1.165) is 49.1 Å². The Bertz CT molecular complexity index is 755. The smallest absolute Gasteiger partial charge is 0.254 e. The number of carbonyl (C=O) groups is 1. The standard InChI is InChI=1S/C18H25N5O/c1-3-23-15-9-8-13(12-14(15)19-20-23)18(24)22-11-5-7-17(22)16-6-4-10-21(16)2/h8-9,12,16-17H,3-7,10-11H2,1-2H3/t16-,17+/m0/s1. The Hall–Kier alpha value is -1.95. The third-order valence-electron chi connectivity index (χ3n) is 5.64. The van der Waals surface area contributed by atoms with Gasteiger partial charge in [-0.05, 0) is 64.4 Å². The maximum absolute atomic E-state index is 13.1. The second-order valence-corrected chi connectivity index (χ2v) is 7.01. The first-order chi connectivity index (χ1) is 11.7. The largest absolute Gasteiger partial charge is 0.334 e. The van der Waals surface area contributed by atoms with Crippen molar-refractivity contribution < 1.29 is 4.79 Å². The van der Waals surface area contributed by atoms with E-state index < -0.39 is 0 Å². The van der Waals surface area contributed by atoms with Gasteiger partial charge in [-0.25, -0.2) is 4.68 Å². The number of carbonyl (C=O) groups excluding carboxylic acids is 1. The predicted molar refractivity (Wildman–Crippen MR) is 92.9 cm³/mol. The maximum atomic E-state index is 13.1. The Morgan fingerprint density at radius 3 is 2.75 bits per heavy atom. The molecule has 1 amide bonds. The molecule has 2 aliphatic heterocycles. The first-order valence-electron chi connectivity index (χ1n) is 9.03. The van der Waals surface area contributed by atoms with Gasteiger partial charge in [-0.1, -0.05) is 5.21 Å². The summed E-state index contributed by atoms with van der Waals surface area (Å²) in [5, 5.41) is 8.34. The second kappa shape index (κ2) is 6.16. The van der Waals surface area contributed by atoms with Gasteiger partial charge in [0, 0.05) is 30.7 Å². The molecule has 6 nitrogen and oxygen atoms in total. The van der Waals surface area contributed by atoms with Gasteiger partial charge in [0.25, 0.3) is 5.91 Å². The van der Waals surface area contributed by atoms with Crippen molar-refractivity contribution in [2.45, 2.75) is 51.2 Å². The van der Waals surface area contributed by atoms with Crippen LogP contribution in [0, 0.1) is 0 Å². The van der Waals surface area contributed by atoms with Crippen LogP contribution in [0.15, 0.2) is 18.2 Å². The third kappa shape index (κ3) is 2.49. The summed E-state index contributed by atoms with van der Waals surface area (Å²) in [6.07, 6.45) is 4.67. The highest BCUT2D eigenvalue weighted by Crippen LogP contribution is 2.30. The average Bonchev–Trinajstić information content (AvgIpc) is 3.31. The van der Waals surface area contributed by atoms with Gasteiger partial charge in [0.15, 0.2) is 0 Å². The minimum absolute atomic E-state index is 0.144. The van der Waals surface area contributed by atoms with Crippen molar-refractivity contribution in [3.63, 3.8) is 0 Å². The summed E-state index contributed by atoms with van der Waals surface area (Å²) in [5.41, 5.74) is 2.53. The fourth-order valence-corrected chi connectivity index (χ4v) is 4.37. The number of rotatable bonds is 3. The summed E-state index contributed by atoms with van der Waals surface area (Å²) in [6, 6.07) is 6.66. The molecule has 0 radical (unpaired) electrons. The molecule has 3 heterocycles. The van der Waals surface area contributed by atoms with E-state index in [2.05, 4.69) is 27.2 Å². The van der Waals surface area contributed by atoms with Gasteiger partial charge in [-0.15, -0.1) is 5.10 Å². The van der Waals surface area contributed by atoms with E-state index in [-0.39, 0.29) is 5.91 Å². The second-order valence-electron chi connectivity index (χ2n) is 7.01. The van der Waals surface area contributed by atoms with Gasteiger partial charge in [0.05, 0.1) is 5.52 Å². The summed E-state index contributed by atoms with van der Waals surface area (Å²) in [6.45, 7) is 4.84. The first kappa shape index (κ1) is 15.6. The molecule has 128 valence electrons. The lowest BCUT2D eigenvalue weighted by Crippen LogP contribution is -2.47. The first-order valence-corrected chi connectivity index (χ1v) is 9.03. The van der Waals surface area contributed by atoms with Crippen molar-refractivity contribution in [2.24, 2.45) is 0 Å². The molecule has 0 bridgehead atoms. The molecule has 24 heavy (non-hydrogen) atoms. The van der Waals surface area contributed by atoms with Crippen molar-refractivity contribution >= 4 is 16.9 Å².